The molecule has 0 radical (unpaired) electrons. The predicted octanol–water partition coefficient (Wildman–Crippen LogP) is -0.855. The Balaban J connectivity index is 2.30. The molecule has 8 heteroatoms. The molecule has 0 atom stereocenters. The van der Waals surface area contributed by atoms with Crippen molar-refractivity contribution < 1.29 is 9.59 Å². The lowest BCUT2D eigenvalue weighted by Crippen LogP contribution is -2.36. The Morgan fingerprint density at radius 1 is 1.62 bits per heavy atom. The van der Waals surface area contributed by atoms with Crippen LogP contribution in [0.25, 0.3) is 0 Å². The van der Waals surface area contributed by atoms with E-state index in [1.54, 1.807) is 0 Å². The number of nitrogens with one attached hydrogen (secondary N) is 2. The quantitative estimate of drug-likeness (QED) is 0.591. The molecule has 0 aliphatic carbocycles. The maximum Gasteiger partial charge on any atom is 0.312 e. The molecule has 0 saturated carbocycles. The Morgan fingerprint density at radius 3 is 2.92 bits per heavy atom. The smallest absolute Gasteiger partial charge is 0.312 e. The molecule has 0 unspecified atom stereocenters. The third-order valence-electron chi connectivity index (χ3n) is 1.05. The van der Waals surface area contributed by atoms with Crippen LogP contribution in [0.4, 0.5) is 9.80 Å². The van der Waals surface area contributed by atoms with E-state index in [1.807, 2.05) is 0 Å². The fraction of sp³-hybridized carbons (Fsp3) is 0.200. The molecule has 1 aromatic rings. The number of hydrogen-bond donors (Lipinski definition) is 3. The van der Waals surface area contributed by atoms with Gasteiger partial charge in [0, 0.05) is 11.5 Å². The van der Waals surface area contributed by atoms with Crippen molar-refractivity contribution in [3.05, 3.63) is 6.20 Å². The number of hydrogen-bond acceptors (Lipinski definition) is 5. The minimum Gasteiger partial charge on any atom is -0.352 e. The molecule has 0 saturated heterocycles. The van der Waals surface area contributed by atoms with E-state index in [1.165, 1.54) is 6.20 Å². The minimum absolute atomic E-state index is 0.159. The van der Waals surface area contributed by atoms with Crippen LogP contribution in [0.2, 0.25) is 0 Å². The molecule has 70 valence electrons. The molecular weight excluding hydrogens is 194 g/mol. The molecule has 3 amide bonds. The van der Waals surface area contributed by atoms with Gasteiger partial charge in [-0.1, -0.05) is 4.49 Å². The SMILES string of the molecule is NC(=O)NCC(=O)Nc1cnns1. The van der Waals surface area contributed by atoms with E-state index < -0.39 is 6.03 Å². The lowest BCUT2D eigenvalue weighted by atomic mass is 10.6. The van der Waals surface area contributed by atoms with Crippen LogP contribution in [-0.4, -0.2) is 28.1 Å². The topological polar surface area (TPSA) is 110 Å². The normalized spacial score (nSPS) is 9.23. The van der Waals surface area contributed by atoms with Crippen molar-refractivity contribution in [1.29, 1.82) is 0 Å². The lowest BCUT2D eigenvalue weighted by Gasteiger charge is -2.00. The number of carbonyl (C=O) groups excluding carboxylic acids is 2. The van der Waals surface area contributed by atoms with Crippen LogP contribution in [-0.2, 0) is 4.79 Å². The van der Waals surface area contributed by atoms with E-state index in [0.717, 1.165) is 11.5 Å². The third kappa shape index (κ3) is 3.47. The Hall–Kier alpha value is -1.70. The number of nitrogens with two attached hydrogens (primary N) is 1. The van der Waals surface area contributed by atoms with Crippen LogP contribution in [0, 0.1) is 0 Å². The second kappa shape index (κ2) is 4.36. The molecule has 13 heavy (non-hydrogen) atoms. The summed E-state index contributed by atoms with van der Waals surface area (Å²) in [6.45, 7) is -0.159. The average molecular weight is 201 g/mol. The fourth-order valence-electron chi connectivity index (χ4n) is 0.571. The second-order valence-electron chi connectivity index (χ2n) is 2.05. The van der Waals surface area contributed by atoms with Crippen LogP contribution < -0.4 is 16.4 Å². The Bertz CT molecular complexity index is 298. The molecule has 1 rings (SSSR count). The molecule has 0 aliphatic rings. The first-order valence-corrected chi connectivity index (χ1v) is 4.06. The maximum atomic E-state index is 11.0. The molecule has 7 nitrogen and oxygen atoms in total. The summed E-state index contributed by atoms with van der Waals surface area (Å²) in [5.41, 5.74) is 4.76. The summed E-state index contributed by atoms with van der Waals surface area (Å²) in [4.78, 5) is 21.2. The third-order valence-corrected chi connectivity index (χ3v) is 1.63. The molecule has 4 N–H and O–H groups in total. The Labute approximate surface area is 77.5 Å². The van der Waals surface area contributed by atoms with Crippen molar-refractivity contribution in [1.82, 2.24) is 14.9 Å². The van der Waals surface area contributed by atoms with Crippen LogP contribution in [0.15, 0.2) is 6.20 Å². The summed E-state index contributed by atoms with van der Waals surface area (Å²) in [5.74, 6) is -0.371. The monoisotopic (exact) mass is 201 g/mol. The van der Waals surface area contributed by atoms with Gasteiger partial charge in [-0.3, -0.25) is 4.79 Å². The van der Waals surface area contributed by atoms with E-state index >= 15 is 0 Å². The van der Waals surface area contributed by atoms with Crippen LogP contribution in [0.1, 0.15) is 0 Å². The first-order chi connectivity index (χ1) is 6.18. The van der Waals surface area contributed by atoms with Crippen molar-refractivity contribution in [2.45, 2.75) is 0 Å². The summed E-state index contributed by atoms with van der Waals surface area (Å²) < 4.78 is 3.54. The van der Waals surface area contributed by atoms with E-state index in [2.05, 4.69) is 20.2 Å². The minimum atomic E-state index is -0.738. The van der Waals surface area contributed by atoms with E-state index in [9.17, 15) is 9.59 Å². The number of anilines is 1. The number of urea groups is 1. The molecule has 1 heterocycles. The number of carbonyl (C=O) groups is 2. The summed E-state index contributed by atoms with van der Waals surface area (Å²) >= 11 is 1.05. The summed E-state index contributed by atoms with van der Waals surface area (Å²) in [5, 5.41) is 8.65. The van der Waals surface area contributed by atoms with Crippen molar-refractivity contribution >= 4 is 28.5 Å². The first-order valence-electron chi connectivity index (χ1n) is 3.29. The van der Waals surface area contributed by atoms with Gasteiger partial charge in [0.15, 0.2) is 0 Å². The zero-order chi connectivity index (χ0) is 9.68. The van der Waals surface area contributed by atoms with Gasteiger partial charge in [0.25, 0.3) is 0 Å². The average Bonchev–Trinajstić information content (AvgIpc) is 2.53. The number of primary amides is 1. The number of amides is 3. The zero-order valence-corrected chi connectivity index (χ0v) is 7.30. The van der Waals surface area contributed by atoms with Gasteiger partial charge in [-0.15, -0.1) is 5.10 Å². The lowest BCUT2D eigenvalue weighted by molar-refractivity contribution is -0.115. The standard InChI is InChI=1S/C5H7N5O2S/c6-5(12)7-1-3(11)9-4-2-8-10-13-4/h2H,1H2,(H,9,11)(H3,6,7,12). The van der Waals surface area contributed by atoms with Gasteiger partial charge in [-0.2, -0.15) is 0 Å². The molecular formula is C5H7N5O2S. The molecule has 0 aliphatic heterocycles. The Morgan fingerprint density at radius 2 is 2.38 bits per heavy atom. The van der Waals surface area contributed by atoms with Gasteiger partial charge in [-0.05, 0) is 0 Å². The highest BCUT2D eigenvalue weighted by molar-refractivity contribution is 7.10. The molecule has 1 aromatic heterocycles. The van der Waals surface area contributed by atoms with Gasteiger partial charge < -0.3 is 16.4 Å². The summed E-state index contributed by atoms with van der Waals surface area (Å²) in [7, 11) is 0. The van der Waals surface area contributed by atoms with Crippen LogP contribution >= 0.6 is 11.5 Å². The predicted molar refractivity (Wildman–Crippen MR) is 46.1 cm³/mol. The summed E-state index contributed by atoms with van der Waals surface area (Å²) in [6, 6.07) is -0.738. The number of rotatable bonds is 3. The number of nitrogens with zero attached hydrogens (tertiary/aromatic N) is 2. The van der Waals surface area contributed by atoms with Gasteiger partial charge in [0.2, 0.25) is 5.91 Å². The highest BCUT2D eigenvalue weighted by Gasteiger charge is 2.03. The maximum absolute atomic E-state index is 11.0. The molecule has 0 spiro atoms. The van der Waals surface area contributed by atoms with Gasteiger partial charge in [0.05, 0.1) is 12.7 Å². The van der Waals surface area contributed by atoms with Crippen molar-refractivity contribution in [2.75, 3.05) is 11.9 Å². The van der Waals surface area contributed by atoms with E-state index in [-0.39, 0.29) is 12.5 Å². The molecule has 0 bridgehead atoms. The molecule has 0 fully saturated rings. The van der Waals surface area contributed by atoms with E-state index in [0.29, 0.717) is 5.00 Å². The highest BCUT2D eigenvalue weighted by Crippen LogP contribution is 2.07. The van der Waals surface area contributed by atoms with Crippen molar-refractivity contribution in [2.24, 2.45) is 5.73 Å². The van der Waals surface area contributed by atoms with Crippen molar-refractivity contribution in [3.8, 4) is 0 Å². The van der Waals surface area contributed by atoms with Gasteiger partial charge >= 0.3 is 6.03 Å². The number of aromatic nitrogens is 2. The second-order valence-corrected chi connectivity index (χ2v) is 2.83. The first kappa shape index (κ1) is 9.39. The summed E-state index contributed by atoms with van der Waals surface area (Å²) in [6.07, 6.45) is 1.41. The largest absolute Gasteiger partial charge is 0.352 e. The highest BCUT2D eigenvalue weighted by atomic mass is 32.1. The Kier molecular flexibility index (Phi) is 3.15. The van der Waals surface area contributed by atoms with E-state index in [4.69, 9.17) is 5.73 Å². The van der Waals surface area contributed by atoms with Gasteiger partial charge in [0.1, 0.15) is 5.00 Å². The van der Waals surface area contributed by atoms with Gasteiger partial charge in [-0.25, -0.2) is 4.79 Å². The zero-order valence-electron chi connectivity index (χ0n) is 6.48. The van der Waals surface area contributed by atoms with Crippen molar-refractivity contribution in [3.63, 3.8) is 0 Å². The van der Waals surface area contributed by atoms with Crippen LogP contribution in [0.5, 0.6) is 0 Å². The van der Waals surface area contributed by atoms with Crippen LogP contribution in [0.3, 0.4) is 0 Å². The fourth-order valence-corrected chi connectivity index (χ4v) is 1.01. The molecule has 0 aromatic carbocycles.